The molecule has 13 aromatic rings. The molecule has 354 valence electrons. The van der Waals surface area contributed by atoms with E-state index in [0.29, 0.717) is 0 Å². The fourth-order valence-electron chi connectivity index (χ4n) is 14.2. The van der Waals surface area contributed by atoms with Crippen molar-refractivity contribution in [2.45, 2.75) is 10.8 Å². The van der Waals surface area contributed by atoms with Crippen molar-refractivity contribution in [2.75, 3.05) is 4.90 Å². The van der Waals surface area contributed by atoms with Gasteiger partial charge in [-0.05, 0) is 119 Å². The predicted octanol–water partition coefficient (Wildman–Crippen LogP) is 19.6. The molecule has 0 N–H and O–H groups in total. The van der Waals surface area contributed by atoms with Gasteiger partial charge in [-0.15, -0.1) is 11.3 Å². The van der Waals surface area contributed by atoms with E-state index in [9.17, 15) is 0 Å². The molecule has 0 saturated heterocycles. The van der Waals surface area contributed by atoms with Gasteiger partial charge in [0.15, 0.2) is 0 Å². The van der Waals surface area contributed by atoms with Gasteiger partial charge in [-0.25, -0.2) is 0 Å². The Morgan fingerprint density at radius 1 is 0.237 bits per heavy atom. The monoisotopic (exact) mass is 981 g/mol. The van der Waals surface area contributed by atoms with Gasteiger partial charge in [-0.1, -0.05) is 255 Å². The van der Waals surface area contributed by atoms with Crippen LogP contribution in [0.25, 0.3) is 75.8 Å². The van der Waals surface area contributed by atoms with E-state index < -0.39 is 10.8 Å². The quantitative estimate of drug-likeness (QED) is 0.154. The Labute approximate surface area is 446 Å². The van der Waals surface area contributed by atoms with Crippen LogP contribution in [0.5, 0.6) is 0 Å². The lowest BCUT2D eigenvalue weighted by atomic mass is 9.64. The lowest BCUT2D eigenvalue weighted by Crippen LogP contribution is -2.30. The average Bonchev–Trinajstić information content (AvgIpc) is 4.38. The van der Waals surface area contributed by atoms with Gasteiger partial charge in [-0.2, -0.15) is 0 Å². The molecule has 76 heavy (non-hydrogen) atoms. The highest BCUT2D eigenvalue weighted by atomic mass is 32.1. The van der Waals surface area contributed by atoms with Gasteiger partial charge in [0.1, 0.15) is 0 Å². The summed E-state index contributed by atoms with van der Waals surface area (Å²) < 4.78 is 2.55. The third-order valence-electron chi connectivity index (χ3n) is 17.0. The Morgan fingerprint density at radius 2 is 0.566 bits per heavy atom. The van der Waals surface area contributed by atoms with Crippen LogP contribution in [-0.2, 0) is 10.8 Å². The molecule has 0 fully saturated rings. The lowest BCUT2D eigenvalue weighted by molar-refractivity contribution is 0.772. The standard InChI is InChI=1S/C74H47NS/c1-3-24-48(25-4-1)50-28-7-14-35-57(50)73(58-36-15-8-29-51(58)49-26-5-2-6-27-49)61-39-18-11-32-54(61)70-63(73)41-21-43-65(70)75(67-45-23-47-69-72(67)56-34-13-20-46-68(56)76-69)66-44-22-42-64-71(66)55-33-12-19-40-62(55)74(64)59-37-16-9-30-52(59)53-31-10-17-38-60(53)74/h1-47H. The van der Waals surface area contributed by atoms with Crippen LogP contribution in [0.1, 0.15) is 44.5 Å². The molecule has 1 nitrogen and oxygen atoms in total. The van der Waals surface area contributed by atoms with Crippen molar-refractivity contribution in [2.24, 2.45) is 0 Å². The Morgan fingerprint density at radius 3 is 1.05 bits per heavy atom. The van der Waals surface area contributed by atoms with Crippen LogP contribution in [0, 0.1) is 0 Å². The smallest absolute Gasteiger partial charge is 0.0726 e. The molecule has 0 amide bonds. The molecule has 2 heteroatoms. The zero-order valence-corrected chi connectivity index (χ0v) is 42.3. The molecule has 3 aliphatic carbocycles. The first-order valence-electron chi connectivity index (χ1n) is 26.4. The van der Waals surface area contributed by atoms with Crippen molar-refractivity contribution >= 4 is 48.6 Å². The van der Waals surface area contributed by atoms with Gasteiger partial charge < -0.3 is 4.90 Å². The van der Waals surface area contributed by atoms with Crippen LogP contribution >= 0.6 is 11.3 Å². The van der Waals surface area contributed by atoms with E-state index in [-0.39, 0.29) is 0 Å². The van der Waals surface area contributed by atoms with Crippen molar-refractivity contribution < 1.29 is 0 Å². The molecule has 0 bridgehead atoms. The van der Waals surface area contributed by atoms with E-state index in [2.05, 4.69) is 290 Å². The van der Waals surface area contributed by atoms with Gasteiger partial charge >= 0.3 is 0 Å². The molecule has 1 aromatic heterocycles. The molecule has 0 saturated carbocycles. The van der Waals surface area contributed by atoms with E-state index in [1.807, 2.05) is 11.3 Å². The highest BCUT2D eigenvalue weighted by Gasteiger charge is 2.53. The molecular weight excluding hydrogens is 935 g/mol. The third-order valence-corrected chi connectivity index (χ3v) is 18.1. The Kier molecular flexibility index (Phi) is 9.40. The molecule has 1 spiro atoms. The highest BCUT2D eigenvalue weighted by molar-refractivity contribution is 7.26. The Bertz CT molecular complexity index is 4360. The maximum atomic E-state index is 2.67. The molecular formula is C74H47NS. The summed E-state index contributed by atoms with van der Waals surface area (Å²) in [5, 5.41) is 2.53. The van der Waals surface area contributed by atoms with E-state index >= 15 is 0 Å². The van der Waals surface area contributed by atoms with Crippen LogP contribution < -0.4 is 4.90 Å². The summed E-state index contributed by atoms with van der Waals surface area (Å²) in [5.74, 6) is 0. The van der Waals surface area contributed by atoms with Crippen LogP contribution in [0.2, 0.25) is 0 Å². The van der Waals surface area contributed by atoms with E-state index in [4.69, 9.17) is 0 Å². The van der Waals surface area contributed by atoms with Gasteiger partial charge in [0.25, 0.3) is 0 Å². The average molecular weight is 982 g/mol. The second kappa shape index (κ2) is 16.6. The van der Waals surface area contributed by atoms with Crippen LogP contribution in [0.4, 0.5) is 17.1 Å². The van der Waals surface area contributed by atoms with E-state index in [1.165, 1.54) is 120 Å². The molecule has 3 aliphatic rings. The maximum absolute atomic E-state index is 2.67. The fourth-order valence-corrected chi connectivity index (χ4v) is 15.3. The van der Waals surface area contributed by atoms with Crippen LogP contribution in [0.15, 0.2) is 285 Å². The molecule has 0 radical (unpaired) electrons. The Balaban J connectivity index is 1.06. The first-order valence-corrected chi connectivity index (χ1v) is 27.2. The second-order valence-corrected chi connectivity index (χ2v) is 21.6. The van der Waals surface area contributed by atoms with Gasteiger partial charge in [0.2, 0.25) is 0 Å². The molecule has 0 unspecified atom stereocenters. The largest absolute Gasteiger partial charge is 0.309 e. The molecule has 0 atom stereocenters. The summed E-state index contributed by atoms with van der Waals surface area (Å²) in [5.41, 5.74) is 25.0. The van der Waals surface area contributed by atoms with Crippen molar-refractivity contribution in [1.29, 1.82) is 0 Å². The summed E-state index contributed by atoms with van der Waals surface area (Å²) in [6.07, 6.45) is 0. The first kappa shape index (κ1) is 43.1. The summed E-state index contributed by atoms with van der Waals surface area (Å²) in [7, 11) is 0. The normalized spacial score (nSPS) is 13.7. The number of hydrogen-bond donors (Lipinski definition) is 0. The van der Waals surface area contributed by atoms with E-state index in [0.717, 1.165) is 17.1 Å². The summed E-state index contributed by atoms with van der Waals surface area (Å²) in [4.78, 5) is 2.67. The minimum Gasteiger partial charge on any atom is -0.309 e. The number of thiophene rings is 1. The minimum atomic E-state index is -0.750. The molecule has 16 rings (SSSR count). The maximum Gasteiger partial charge on any atom is 0.0726 e. The van der Waals surface area contributed by atoms with Gasteiger partial charge in [0, 0.05) is 31.3 Å². The van der Waals surface area contributed by atoms with Crippen molar-refractivity contribution in [3.63, 3.8) is 0 Å². The van der Waals surface area contributed by atoms with Crippen molar-refractivity contribution in [1.82, 2.24) is 0 Å². The Hall–Kier alpha value is -9.34. The van der Waals surface area contributed by atoms with Crippen molar-refractivity contribution in [3.8, 4) is 55.6 Å². The van der Waals surface area contributed by atoms with Gasteiger partial charge in [0.05, 0.1) is 27.9 Å². The minimum absolute atomic E-state index is 0.509. The zero-order valence-electron chi connectivity index (χ0n) is 41.5. The first-order chi connectivity index (χ1) is 37.8. The molecule has 0 aliphatic heterocycles. The summed E-state index contributed by atoms with van der Waals surface area (Å²) in [6, 6.07) is 107. The van der Waals surface area contributed by atoms with E-state index in [1.54, 1.807) is 0 Å². The fraction of sp³-hybridized carbons (Fsp3) is 0.0270. The number of benzene rings is 12. The lowest BCUT2D eigenvalue weighted by Gasteiger charge is -2.37. The number of nitrogens with zero attached hydrogens (tertiary/aromatic N) is 1. The number of fused-ring (bicyclic) bond motifs is 16. The van der Waals surface area contributed by atoms with Gasteiger partial charge in [-0.3, -0.25) is 0 Å². The number of hydrogen-bond acceptors (Lipinski definition) is 2. The third kappa shape index (κ3) is 5.74. The number of rotatable bonds is 7. The molecule has 12 aromatic carbocycles. The SMILES string of the molecule is c1ccc(-c2ccccc2C2(c3ccccc3-c3ccccc3)c3ccccc3-c3c(N(c4cccc5c4-c4ccccc4C54c5ccccc5-c5ccccc54)c4cccc5sc6ccccc6c45)cccc32)cc1. The topological polar surface area (TPSA) is 3.24 Å². The number of anilines is 3. The second-order valence-electron chi connectivity index (χ2n) is 20.5. The summed E-state index contributed by atoms with van der Waals surface area (Å²) in [6.45, 7) is 0. The van der Waals surface area contributed by atoms with Crippen molar-refractivity contribution in [3.05, 3.63) is 330 Å². The van der Waals surface area contributed by atoms with Crippen LogP contribution in [0.3, 0.4) is 0 Å². The predicted molar refractivity (Wildman–Crippen MR) is 318 cm³/mol. The summed E-state index contributed by atoms with van der Waals surface area (Å²) >= 11 is 1.88. The highest BCUT2D eigenvalue weighted by Crippen LogP contribution is 2.67. The zero-order chi connectivity index (χ0) is 50.0. The molecule has 1 heterocycles. The van der Waals surface area contributed by atoms with Crippen LogP contribution in [-0.4, -0.2) is 0 Å².